The van der Waals surface area contributed by atoms with Gasteiger partial charge in [-0.25, -0.2) is 19.1 Å². The smallest absolute Gasteiger partial charge is 0.337 e. The van der Waals surface area contributed by atoms with Crippen LogP contribution in [0.4, 0.5) is 0 Å². The van der Waals surface area contributed by atoms with Gasteiger partial charge >= 0.3 is 11.7 Å². The van der Waals surface area contributed by atoms with Gasteiger partial charge in [0.2, 0.25) is 0 Å². The topological polar surface area (TPSA) is 88.1 Å². The van der Waals surface area contributed by atoms with E-state index in [1.54, 1.807) is 38.1 Å². The molecule has 33 heavy (non-hydrogen) atoms. The summed E-state index contributed by atoms with van der Waals surface area (Å²) in [7, 11) is 0. The van der Waals surface area contributed by atoms with E-state index in [0.29, 0.717) is 17.1 Å². The lowest BCUT2D eigenvalue weighted by atomic mass is 10.1. The van der Waals surface area contributed by atoms with Gasteiger partial charge in [0.1, 0.15) is 6.04 Å². The van der Waals surface area contributed by atoms with Crippen molar-refractivity contribution >= 4 is 28.7 Å². The summed E-state index contributed by atoms with van der Waals surface area (Å²) < 4.78 is 9.13. The zero-order valence-electron chi connectivity index (χ0n) is 18.3. The van der Waals surface area contributed by atoms with Crippen LogP contribution in [0, 0.1) is 0 Å². The van der Waals surface area contributed by atoms with Crippen LogP contribution in [0.3, 0.4) is 0 Å². The van der Waals surface area contributed by atoms with Gasteiger partial charge in [0.25, 0.3) is 5.56 Å². The number of hydrogen-bond acceptors (Lipinski definition) is 5. The number of imidazole rings is 1. The summed E-state index contributed by atoms with van der Waals surface area (Å²) in [5, 5.41) is 0.516. The first-order chi connectivity index (χ1) is 15.9. The summed E-state index contributed by atoms with van der Waals surface area (Å²) in [6.45, 7) is 3.73. The van der Waals surface area contributed by atoms with E-state index in [1.807, 2.05) is 30.3 Å². The van der Waals surface area contributed by atoms with Gasteiger partial charge < -0.3 is 9.30 Å². The van der Waals surface area contributed by atoms with E-state index in [9.17, 15) is 14.4 Å². The molecule has 9 heteroatoms. The maximum absolute atomic E-state index is 13.5. The minimum Gasteiger partial charge on any atom is -0.464 e. The van der Waals surface area contributed by atoms with Crippen molar-refractivity contribution in [2.24, 2.45) is 0 Å². The quantitative estimate of drug-likeness (QED) is 0.390. The predicted octanol–water partition coefficient (Wildman–Crippen LogP) is 3.37. The van der Waals surface area contributed by atoms with Gasteiger partial charge in [-0.05, 0) is 50.1 Å². The second kappa shape index (κ2) is 9.46. The lowest BCUT2D eigenvalue weighted by molar-refractivity contribution is -0.146. The minimum absolute atomic E-state index is 0.151. The van der Waals surface area contributed by atoms with Crippen molar-refractivity contribution in [3.63, 3.8) is 0 Å². The Morgan fingerprint density at radius 1 is 1.09 bits per heavy atom. The Hall–Kier alpha value is -3.65. The number of aryl methyl sites for hydroxylation is 1. The van der Waals surface area contributed by atoms with Crippen molar-refractivity contribution in [2.75, 3.05) is 6.61 Å². The van der Waals surface area contributed by atoms with E-state index >= 15 is 0 Å². The third-order valence-corrected chi connectivity index (χ3v) is 5.70. The standard InChI is InChI=1S/C24H23ClN4O4/c1-3-33-23(31)16(2)28-15-26-21-20(28)22(30)27(14-13-17-7-5-4-6-8-17)24(32)29(21)19-11-9-18(25)10-12-19/h4-12,15-16H,3,13-14H2,1-2H3. The normalized spacial score (nSPS) is 12.1. The fourth-order valence-electron chi connectivity index (χ4n) is 3.72. The molecule has 0 saturated carbocycles. The van der Waals surface area contributed by atoms with Crippen LogP contribution >= 0.6 is 11.6 Å². The number of rotatable bonds is 7. The van der Waals surface area contributed by atoms with E-state index in [0.717, 1.165) is 5.56 Å². The van der Waals surface area contributed by atoms with E-state index in [1.165, 1.54) is 20.0 Å². The Bertz CT molecular complexity index is 1400. The number of benzene rings is 2. The molecule has 0 aliphatic heterocycles. The van der Waals surface area contributed by atoms with Gasteiger partial charge in [0, 0.05) is 11.6 Å². The molecular formula is C24H23ClN4O4. The summed E-state index contributed by atoms with van der Waals surface area (Å²) in [6.07, 6.45) is 1.88. The zero-order chi connectivity index (χ0) is 23.5. The molecule has 2 aromatic heterocycles. The van der Waals surface area contributed by atoms with Crippen LogP contribution < -0.4 is 11.2 Å². The molecule has 8 nitrogen and oxygen atoms in total. The molecule has 0 fully saturated rings. The van der Waals surface area contributed by atoms with E-state index in [2.05, 4.69) is 4.98 Å². The Morgan fingerprint density at radius 3 is 2.45 bits per heavy atom. The Morgan fingerprint density at radius 2 is 1.79 bits per heavy atom. The highest BCUT2D eigenvalue weighted by molar-refractivity contribution is 6.30. The molecule has 0 saturated heterocycles. The Balaban J connectivity index is 1.93. The first-order valence-electron chi connectivity index (χ1n) is 10.6. The second-order valence-electron chi connectivity index (χ2n) is 7.54. The first-order valence-corrected chi connectivity index (χ1v) is 11.0. The summed E-state index contributed by atoms with van der Waals surface area (Å²) >= 11 is 6.03. The predicted molar refractivity (Wildman–Crippen MR) is 126 cm³/mol. The van der Waals surface area contributed by atoms with Gasteiger partial charge in [-0.15, -0.1) is 0 Å². The molecule has 1 atom stereocenters. The average molecular weight is 467 g/mol. The number of fused-ring (bicyclic) bond motifs is 1. The first kappa shape index (κ1) is 22.5. The molecule has 4 aromatic rings. The highest BCUT2D eigenvalue weighted by Gasteiger charge is 2.24. The Kier molecular flexibility index (Phi) is 6.46. The zero-order valence-corrected chi connectivity index (χ0v) is 19.0. The van der Waals surface area contributed by atoms with Gasteiger partial charge in [-0.2, -0.15) is 0 Å². The maximum Gasteiger partial charge on any atom is 0.337 e. The van der Waals surface area contributed by atoms with Crippen molar-refractivity contribution in [1.82, 2.24) is 18.7 Å². The average Bonchev–Trinajstić information content (AvgIpc) is 3.25. The summed E-state index contributed by atoms with van der Waals surface area (Å²) in [5.74, 6) is -0.490. The molecule has 0 bridgehead atoms. The molecule has 0 aliphatic rings. The van der Waals surface area contributed by atoms with Crippen LogP contribution in [0.15, 0.2) is 70.5 Å². The molecule has 0 N–H and O–H groups in total. The monoisotopic (exact) mass is 466 g/mol. The number of carbonyl (C=O) groups is 1. The fourth-order valence-corrected chi connectivity index (χ4v) is 3.85. The number of esters is 1. The van der Waals surface area contributed by atoms with Crippen molar-refractivity contribution in [3.05, 3.63) is 92.3 Å². The van der Waals surface area contributed by atoms with Crippen LogP contribution in [-0.2, 0) is 22.5 Å². The lowest BCUT2D eigenvalue weighted by Crippen LogP contribution is -2.41. The van der Waals surface area contributed by atoms with Crippen LogP contribution in [0.25, 0.3) is 16.9 Å². The van der Waals surface area contributed by atoms with Gasteiger partial charge in [0.05, 0.1) is 18.6 Å². The van der Waals surface area contributed by atoms with Crippen molar-refractivity contribution in [1.29, 1.82) is 0 Å². The number of carbonyl (C=O) groups excluding carboxylic acids is 1. The molecule has 0 spiro atoms. The van der Waals surface area contributed by atoms with E-state index in [-0.39, 0.29) is 24.3 Å². The summed E-state index contributed by atoms with van der Waals surface area (Å²) in [4.78, 5) is 43.7. The number of hydrogen-bond donors (Lipinski definition) is 0. The number of aromatic nitrogens is 4. The second-order valence-corrected chi connectivity index (χ2v) is 7.98. The minimum atomic E-state index is -0.790. The third kappa shape index (κ3) is 4.34. The lowest BCUT2D eigenvalue weighted by Gasteiger charge is -2.15. The summed E-state index contributed by atoms with van der Waals surface area (Å²) in [6, 6.07) is 15.5. The number of ether oxygens (including phenoxy) is 1. The number of halogens is 1. The SMILES string of the molecule is CCOC(=O)C(C)n1cnc2c1c(=O)n(CCc1ccccc1)c(=O)n2-c1ccc(Cl)cc1. The van der Waals surface area contributed by atoms with E-state index < -0.39 is 23.3 Å². The molecule has 0 amide bonds. The van der Waals surface area contributed by atoms with Gasteiger partial charge in [-0.3, -0.25) is 9.36 Å². The van der Waals surface area contributed by atoms with Crippen LogP contribution in [0.1, 0.15) is 25.5 Å². The highest BCUT2D eigenvalue weighted by atomic mass is 35.5. The molecule has 0 radical (unpaired) electrons. The fraction of sp³-hybridized carbons (Fsp3) is 0.250. The molecule has 1 unspecified atom stereocenters. The van der Waals surface area contributed by atoms with Crippen molar-refractivity contribution in [2.45, 2.75) is 32.9 Å². The van der Waals surface area contributed by atoms with E-state index in [4.69, 9.17) is 16.3 Å². The Labute approximate surface area is 194 Å². The van der Waals surface area contributed by atoms with Crippen molar-refractivity contribution < 1.29 is 9.53 Å². The van der Waals surface area contributed by atoms with Gasteiger partial charge in [-0.1, -0.05) is 41.9 Å². The molecular weight excluding hydrogens is 444 g/mol. The largest absolute Gasteiger partial charge is 0.464 e. The third-order valence-electron chi connectivity index (χ3n) is 5.45. The maximum atomic E-state index is 13.5. The molecule has 0 aliphatic carbocycles. The summed E-state index contributed by atoms with van der Waals surface area (Å²) in [5.41, 5.74) is 0.800. The molecule has 4 rings (SSSR count). The molecule has 2 aromatic carbocycles. The van der Waals surface area contributed by atoms with Crippen molar-refractivity contribution in [3.8, 4) is 5.69 Å². The molecule has 170 valence electrons. The van der Waals surface area contributed by atoms with Crippen LogP contribution in [0.2, 0.25) is 5.02 Å². The van der Waals surface area contributed by atoms with Crippen LogP contribution in [-0.4, -0.2) is 31.3 Å². The molecule has 2 heterocycles. The van der Waals surface area contributed by atoms with Crippen LogP contribution in [0.5, 0.6) is 0 Å². The van der Waals surface area contributed by atoms with Gasteiger partial charge in [0.15, 0.2) is 11.2 Å². The highest BCUT2D eigenvalue weighted by Crippen LogP contribution is 2.19. The number of nitrogens with zero attached hydrogens (tertiary/aromatic N) is 4.